The van der Waals surface area contributed by atoms with Gasteiger partial charge in [-0.05, 0) is 35.8 Å². The fourth-order valence-electron chi connectivity index (χ4n) is 1.72. The second-order valence-electron chi connectivity index (χ2n) is 3.36. The van der Waals surface area contributed by atoms with Crippen molar-refractivity contribution in [3.63, 3.8) is 0 Å². The molecule has 1 aromatic heterocycles. The first-order valence-electron chi connectivity index (χ1n) is 4.16. The number of rotatable bonds is 0. The Kier molecular flexibility index (Phi) is 1.96. The molecule has 0 saturated heterocycles. The Labute approximate surface area is 80.3 Å². The van der Waals surface area contributed by atoms with Gasteiger partial charge in [-0.25, -0.2) is 0 Å². The van der Waals surface area contributed by atoms with Crippen molar-refractivity contribution in [3.8, 4) is 0 Å². The lowest BCUT2D eigenvalue weighted by molar-refractivity contribution is 0.344. The van der Waals surface area contributed by atoms with Gasteiger partial charge in [0.25, 0.3) is 0 Å². The van der Waals surface area contributed by atoms with Crippen molar-refractivity contribution in [2.75, 3.05) is 0 Å². The standard InChI is InChI=1S/C8H12BrN3/c1-5-4-12-7(6(2)10-5)3-8(9)11-12/h3,5-6,10H,4H2,1-2H3/t5-,6+/m0/s1. The molecule has 0 radical (unpaired) electrons. The Balaban J connectivity index is 2.40. The Hall–Kier alpha value is -0.350. The van der Waals surface area contributed by atoms with Crippen molar-refractivity contribution in [1.82, 2.24) is 15.1 Å². The van der Waals surface area contributed by atoms with Gasteiger partial charge in [-0.3, -0.25) is 4.68 Å². The number of fused-ring (bicyclic) bond motifs is 1. The summed E-state index contributed by atoms with van der Waals surface area (Å²) >= 11 is 3.38. The Morgan fingerprint density at radius 3 is 3.17 bits per heavy atom. The molecule has 0 amide bonds. The van der Waals surface area contributed by atoms with E-state index >= 15 is 0 Å². The fourth-order valence-corrected chi connectivity index (χ4v) is 2.14. The second kappa shape index (κ2) is 2.85. The number of halogens is 1. The van der Waals surface area contributed by atoms with Gasteiger partial charge in [0.15, 0.2) is 0 Å². The lowest BCUT2D eigenvalue weighted by atomic mass is 10.1. The van der Waals surface area contributed by atoms with Crippen LogP contribution >= 0.6 is 15.9 Å². The molecule has 0 spiro atoms. The molecule has 66 valence electrons. The van der Waals surface area contributed by atoms with Crippen LogP contribution in [0.25, 0.3) is 0 Å². The van der Waals surface area contributed by atoms with E-state index in [1.165, 1.54) is 5.69 Å². The van der Waals surface area contributed by atoms with Gasteiger partial charge in [0.1, 0.15) is 4.60 Å². The van der Waals surface area contributed by atoms with E-state index in [0.29, 0.717) is 12.1 Å². The first-order chi connectivity index (χ1) is 5.66. The maximum atomic E-state index is 4.35. The quantitative estimate of drug-likeness (QED) is 0.735. The Bertz CT molecular complexity index is 294. The predicted octanol–water partition coefficient (Wildman–Crippen LogP) is 1.70. The second-order valence-corrected chi connectivity index (χ2v) is 4.18. The molecule has 1 aliphatic rings. The lowest BCUT2D eigenvalue weighted by Gasteiger charge is -2.27. The van der Waals surface area contributed by atoms with E-state index in [2.05, 4.69) is 50.9 Å². The summed E-state index contributed by atoms with van der Waals surface area (Å²) in [6.07, 6.45) is 0. The zero-order valence-electron chi connectivity index (χ0n) is 7.21. The van der Waals surface area contributed by atoms with Gasteiger partial charge in [-0.2, -0.15) is 5.10 Å². The molecule has 0 unspecified atom stereocenters. The molecule has 1 aromatic rings. The van der Waals surface area contributed by atoms with Gasteiger partial charge in [0.05, 0.1) is 12.2 Å². The van der Waals surface area contributed by atoms with E-state index in [0.717, 1.165) is 11.1 Å². The molecule has 0 bridgehead atoms. The first-order valence-corrected chi connectivity index (χ1v) is 4.95. The van der Waals surface area contributed by atoms with Crippen LogP contribution in [0.1, 0.15) is 25.6 Å². The molecule has 0 saturated carbocycles. The summed E-state index contributed by atoms with van der Waals surface area (Å²) in [6.45, 7) is 5.30. The lowest BCUT2D eigenvalue weighted by Crippen LogP contribution is -2.39. The zero-order chi connectivity index (χ0) is 8.72. The molecule has 1 aliphatic heterocycles. The van der Waals surface area contributed by atoms with Crippen molar-refractivity contribution in [1.29, 1.82) is 0 Å². The third-order valence-corrected chi connectivity index (χ3v) is 2.59. The maximum Gasteiger partial charge on any atom is 0.128 e. The molecule has 0 fully saturated rings. The van der Waals surface area contributed by atoms with Gasteiger partial charge < -0.3 is 5.32 Å². The number of hydrogen-bond acceptors (Lipinski definition) is 2. The minimum Gasteiger partial charge on any atom is -0.304 e. The third-order valence-electron chi connectivity index (χ3n) is 2.21. The molecule has 0 aliphatic carbocycles. The molecule has 1 N–H and O–H groups in total. The van der Waals surface area contributed by atoms with E-state index in [-0.39, 0.29) is 0 Å². The highest BCUT2D eigenvalue weighted by molar-refractivity contribution is 9.10. The Morgan fingerprint density at radius 1 is 1.67 bits per heavy atom. The number of aromatic nitrogens is 2. The van der Waals surface area contributed by atoms with Gasteiger partial charge in [-0.15, -0.1) is 0 Å². The highest BCUT2D eigenvalue weighted by Crippen LogP contribution is 2.21. The van der Waals surface area contributed by atoms with Crippen molar-refractivity contribution >= 4 is 15.9 Å². The van der Waals surface area contributed by atoms with Crippen LogP contribution in [0.2, 0.25) is 0 Å². The van der Waals surface area contributed by atoms with E-state index in [1.54, 1.807) is 0 Å². The van der Waals surface area contributed by atoms with Crippen molar-refractivity contribution in [2.45, 2.75) is 32.5 Å². The van der Waals surface area contributed by atoms with Gasteiger partial charge in [0, 0.05) is 12.1 Å². The minimum atomic E-state index is 0.410. The summed E-state index contributed by atoms with van der Waals surface area (Å²) in [4.78, 5) is 0. The van der Waals surface area contributed by atoms with Crippen molar-refractivity contribution < 1.29 is 0 Å². The molecule has 3 nitrogen and oxygen atoms in total. The molecule has 2 atom stereocenters. The van der Waals surface area contributed by atoms with Gasteiger partial charge >= 0.3 is 0 Å². The molecule has 2 rings (SSSR count). The number of hydrogen-bond donors (Lipinski definition) is 1. The normalized spacial score (nSPS) is 28.6. The van der Waals surface area contributed by atoms with Crippen LogP contribution in [0.4, 0.5) is 0 Å². The van der Waals surface area contributed by atoms with Crippen LogP contribution in [0.5, 0.6) is 0 Å². The molecular weight excluding hydrogens is 218 g/mol. The monoisotopic (exact) mass is 229 g/mol. The summed E-state index contributed by atoms with van der Waals surface area (Å²) in [6, 6.07) is 3.00. The average molecular weight is 230 g/mol. The van der Waals surface area contributed by atoms with Crippen LogP contribution < -0.4 is 5.32 Å². The maximum absolute atomic E-state index is 4.35. The van der Waals surface area contributed by atoms with E-state index in [1.807, 2.05) is 0 Å². The predicted molar refractivity (Wildman–Crippen MR) is 50.9 cm³/mol. The molecule has 12 heavy (non-hydrogen) atoms. The molecular formula is C8H12BrN3. The molecule has 4 heteroatoms. The molecule has 2 heterocycles. The highest BCUT2D eigenvalue weighted by atomic mass is 79.9. The number of nitrogens with one attached hydrogen (secondary N) is 1. The zero-order valence-corrected chi connectivity index (χ0v) is 8.80. The first kappa shape index (κ1) is 8.26. The van der Waals surface area contributed by atoms with E-state index < -0.39 is 0 Å². The summed E-state index contributed by atoms with van der Waals surface area (Å²) in [5.74, 6) is 0. The third kappa shape index (κ3) is 1.29. The van der Waals surface area contributed by atoms with Crippen LogP contribution in [-0.2, 0) is 6.54 Å². The summed E-state index contributed by atoms with van der Waals surface area (Å²) in [5.41, 5.74) is 1.26. The Morgan fingerprint density at radius 2 is 2.42 bits per heavy atom. The van der Waals surface area contributed by atoms with Crippen LogP contribution in [-0.4, -0.2) is 15.8 Å². The minimum absolute atomic E-state index is 0.410. The van der Waals surface area contributed by atoms with Gasteiger partial charge in [-0.1, -0.05) is 0 Å². The van der Waals surface area contributed by atoms with Crippen molar-refractivity contribution in [2.24, 2.45) is 0 Å². The highest BCUT2D eigenvalue weighted by Gasteiger charge is 2.21. The fraction of sp³-hybridized carbons (Fsp3) is 0.625. The van der Waals surface area contributed by atoms with Crippen LogP contribution in [0.15, 0.2) is 10.7 Å². The van der Waals surface area contributed by atoms with Crippen LogP contribution in [0, 0.1) is 0 Å². The average Bonchev–Trinajstić information content (AvgIpc) is 2.29. The number of nitrogens with zero attached hydrogens (tertiary/aromatic N) is 2. The smallest absolute Gasteiger partial charge is 0.128 e. The molecule has 0 aromatic carbocycles. The van der Waals surface area contributed by atoms with E-state index in [4.69, 9.17) is 0 Å². The summed E-state index contributed by atoms with van der Waals surface area (Å²) in [7, 11) is 0. The summed E-state index contributed by atoms with van der Waals surface area (Å²) < 4.78 is 3.00. The largest absolute Gasteiger partial charge is 0.304 e. The van der Waals surface area contributed by atoms with Crippen LogP contribution in [0.3, 0.4) is 0 Å². The van der Waals surface area contributed by atoms with E-state index in [9.17, 15) is 0 Å². The summed E-state index contributed by atoms with van der Waals surface area (Å²) in [5, 5.41) is 7.81. The topological polar surface area (TPSA) is 29.9 Å². The van der Waals surface area contributed by atoms with Gasteiger partial charge in [0.2, 0.25) is 0 Å². The SMILES string of the molecule is C[C@H]1Cn2nc(Br)cc2[C@@H](C)N1. The van der Waals surface area contributed by atoms with Crippen molar-refractivity contribution in [3.05, 3.63) is 16.4 Å².